The van der Waals surface area contributed by atoms with Crippen LogP contribution in [0.2, 0.25) is 0 Å². The summed E-state index contributed by atoms with van der Waals surface area (Å²) in [7, 11) is 0. The fourth-order valence-electron chi connectivity index (χ4n) is 2.14. The average molecular weight is 296 g/mol. The second kappa shape index (κ2) is 5.73. The molecule has 0 atom stereocenters. The van der Waals surface area contributed by atoms with Gasteiger partial charge >= 0.3 is 11.6 Å². The summed E-state index contributed by atoms with van der Waals surface area (Å²) < 4.78 is 10.2. The van der Waals surface area contributed by atoms with Crippen LogP contribution >= 0.6 is 0 Å². The van der Waals surface area contributed by atoms with E-state index in [9.17, 15) is 14.7 Å². The summed E-state index contributed by atoms with van der Waals surface area (Å²) in [4.78, 5) is 23.5. The number of carbonyl (C=O) groups excluding carboxylic acids is 1. The number of phenols is 1. The Kier molecular flexibility index (Phi) is 3.62. The Morgan fingerprint density at radius 3 is 2.64 bits per heavy atom. The molecule has 2 aromatic carbocycles. The first-order valence-electron chi connectivity index (χ1n) is 6.61. The van der Waals surface area contributed by atoms with Crippen molar-refractivity contribution in [2.24, 2.45) is 0 Å². The lowest BCUT2D eigenvalue weighted by Gasteiger charge is -2.07. The molecule has 0 unspecified atom stereocenters. The molecule has 0 aliphatic heterocycles. The van der Waals surface area contributed by atoms with Crippen LogP contribution in [0.3, 0.4) is 0 Å². The SMILES string of the molecule is O=C(OCc1cc(=O)oc2cc(O)ccc12)c1ccccc1. The number of benzene rings is 2. The number of hydrogen-bond donors (Lipinski definition) is 1. The van der Waals surface area contributed by atoms with Gasteiger partial charge in [-0.15, -0.1) is 0 Å². The van der Waals surface area contributed by atoms with Gasteiger partial charge in [-0.1, -0.05) is 18.2 Å². The molecule has 5 nitrogen and oxygen atoms in total. The summed E-state index contributed by atoms with van der Waals surface area (Å²) in [5.74, 6) is -0.477. The predicted molar refractivity (Wildman–Crippen MR) is 79.7 cm³/mol. The number of rotatable bonds is 3. The van der Waals surface area contributed by atoms with Gasteiger partial charge in [-0.25, -0.2) is 9.59 Å². The second-order valence-corrected chi connectivity index (χ2v) is 4.71. The minimum Gasteiger partial charge on any atom is -0.508 e. The van der Waals surface area contributed by atoms with Crippen LogP contribution in [0.25, 0.3) is 11.0 Å². The Morgan fingerprint density at radius 1 is 1.09 bits per heavy atom. The highest BCUT2D eigenvalue weighted by molar-refractivity contribution is 5.89. The molecule has 1 aromatic heterocycles. The molecule has 0 saturated heterocycles. The first-order chi connectivity index (χ1) is 10.6. The number of ether oxygens (including phenoxy) is 1. The van der Waals surface area contributed by atoms with Gasteiger partial charge in [0, 0.05) is 23.1 Å². The number of phenolic OH excluding ortho intramolecular Hbond substituents is 1. The molecule has 5 heteroatoms. The van der Waals surface area contributed by atoms with E-state index in [2.05, 4.69) is 0 Å². The molecule has 22 heavy (non-hydrogen) atoms. The Labute approximate surface area is 125 Å². The number of carbonyl (C=O) groups is 1. The molecule has 0 aliphatic rings. The van der Waals surface area contributed by atoms with Crippen LogP contribution in [0.15, 0.2) is 63.8 Å². The van der Waals surface area contributed by atoms with E-state index in [0.29, 0.717) is 16.5 Å². The summed E-state index contributed by atoms with van der Waals surface area (Å²) in [6.45, 7) is -0.0550. The van der Waals surface area contributed by atoms with Crippen molar-refractivity contribution < 1.29 is 19.1 Å². The zero-order chi connectivity index (χ0) is 15.5. The molecule has 110 valence electrons. The maximum atomic E-state index is 11.9. The lowest BCUT2D eigenvalue weighted by atomic mass is 10.1. The van der Waals surface area contributed by atoms with Crippen molar-refractivity contribution in [3.8, 4) is 5.75 Å². The first kappa shape index (κ1) is 13.9. The number of hydrogen-bond acceptors (Lipinski definition) is 5. The van der Waals surface area contributed by atoms with E-state index >= 15 is 0 Å². The minimum absolute atomic E-state index is 0.00548. The Hall–Kier alpha value is -3.08. The van der Waals surface area contributed by atoms with Crippen molar-refractivity contribution in [2.75, 3.05) is 0 Å². The summed E-state index contributed by atoms with van der Waals surface area (Å²) in [6.07, 6.45) is 0. The predicted octanol–water partition coefficient (Wildman–Crippen LogP) is 2.86. The average Bonchev–Trinajstić information content (AvgIpc) is 2.52. The molecule has 1 heterocycles. The maximum absolute atomic E-state index is 11.9. The highest BCUT2D eigenvalue weighted by Gasteiger charge is 2.10. The fraction of sp³-hybridized carbons (Fsp3) is 0.0588. The largest absolute Gasteiger partial charge is 0.508 e. The molecule has 0 amide bonds. The van der Waals surface area contributed by atoms with E-state index in [1.54, 1.807) is 36.4 Å². The molecule has 0 bridgehead atoms. The molecular weight excluding hydrogens is 284 g/mol. The minimum atomic E-state index is -0.566. The van der Waals surface area contributed by atoms with E-state index in [1.165, 1.54) is 18.2 Å². The van der Waals surface area contributed by atoms with Gasteiger partial charge in [-0.3, -0.25) is 0 Å². The lowest BCUT2D eigenvalue weighted by molar-refractivity contribution is 0.0474. The zero-order valence-electron chi connectivity index (χ0n) is 11.5. The van der Waals surface area contributed by atoms with Gasteiger partial charge in [0.05, 0.1) is 5.56 Å². The molecular formula is C17H12O5. The van der Waals surface area contributed by atoms with Crippen molar-refractivity contribution >= 4 is 16.9 Å². The van der Waals surface area contributed by atoms with E-state index in [1.807, 2.05) is 0 Å². The van der Waals surface area contributed by atoms with Crippen molar-refractivity contribution in [1.29, 1.82) is 0 Å². The maximum Gasteiger partial charge on any atom is 0.338 e. The van der Waals surface area contributed by atoms with Gasteiger partial charge in [0.25, 0.3) is 0 Å². The Balaban J connectivity index is 1.88. The van der Waals surface area contributed by atoms with Crippen LogP contribution in [0.5, 0.6) is 5.75 Å². The van der Waals surface area contributed by atoms with E-state index in [-0.39, 0.29) is 17.9 Å². The van der Waals surface area contributed by atoms with E-state index in [4.69, 9.17) is 9.15 Å². The molecule has 0 radical (unpaired) electrons. The van der Waals surface area contributed by atoms with Crippen LogP contribution in [0.1, 0.15) is 15.9 Å². The highest BCUT2D eigenvalue weighted by atomic mass is 16.5. The smallest absolute Gasteiger partial charge is 0.338 e. The van der Waals surface area contributed by atoms with Crippen molar-refractivity contribution in [2.45, 2.75) is 6.61 Å². The summed E-state index contributed by atoms with van der Waals surface area (Å²) >= 11 is 0. The third-order valence-electron chi connectivity index (χ3n) is 3.18. The molecule has 0 fully saturated rings. The number of aromatic hydroxyl groups is 1. The topological polar surface area (TPSA) is 76.7 Å². The van der Waals surface area contributed by atoms with Crippen molar-refractivity contribution in [1.82, 2.24) is 0 Å². The van der Waals surface area contributed by atoms with Gasteiger partial charge < -0.3 is 14.3 Å². The third kappa shape index (κ3) is 2.83. The zero-order valence-corrected chi connectivity index (χ0v) is 11.5. The van der Waals surface area contributed by atoms with Gasteiger partial charge in [0.1, 0.15) is 17.9 Å². The monoisotopic (exact) mass is 296 g/mol. The Morgan fingerprint density at radius 2 is 1.86 bits per heavy atom. The molecule has 1 N–H and O–H groups in total. The highest BCUT2D eigenvalue weighted by Crippen LogP contribution is 2.22. The van der Waals surface area contributed by atoms with Crippen LogP contribution in [0.4, 0.5) is 0 Å². The standard InChI is InChI=1S/C17H12O5/c18-13-6-7-14-12(8-16(19)22-15(14)9-13)10-21-17(20)11-4-2-1-3-5-11/h1-9,18H,10H2. The molecule has 3 rings (SSSR count). The van der Waals surface area contributed by atoms with Crippen LogP contribution in [-0.2, 0) is 11.3 Å². The quantitative estimate of drug-likeness (QED) is 0.594. The van der Waals surface area contributed by atoms with Crippen LogP contribution < -0.4 is 5.63 Å². The molecule has 0 saturated carbocycles. The molecule has 3 aromatic rings. The van der Waals surface area contributed by atoms with Gasteiger partial charge in [0.2, 0.25) is 0 Å². The number of fused-ring (bicyclic) bond motifs is 1. The molecule has 0 aliphatic carbocycles. The number of esters is 1. The van der Waals surface area contributed by atoms with Gasteiger partial charge in [0.15, 0.2) is 0 Å². The second-order valence-electron chi connectivity index (χ2n) is 4.71. The summed E-state index contributed by atoms with van der Waals surface area (Å²) in [6, 6.07) is 14.3. The van der Waals surface area contributed by atoms with Crippen molar-refractivity contribution in [3.05, 3.63) is 76.1 Å². The Bertz CT molecular complexity index is 880. The summed E-state index contributed by atoms with van der Waals surface area (Å²) in [5.41, 5.74) is 0.644. The van der Waals surface area contributed by atoms with Crippen molar-refractivity contribution in [3.63, 3.8) is 0 Å². The van der Waals surface area contributed by atoms with Crippen LogP contribution in [0, 0.1) is 0 Å². The van der Waals surface area contributed by atoms with Crippen LogP contribution in [-0.4, -0.2) is 11.1 Å². The lowest BCUT2D eigenvalue weighted by Crippen LogP contribution is -2.07. The first-order valence-corrected chi connectivity index (χ1v) is 6.61. The van der Waals surface area contributed by atoms with Gasteiger partial charge in [-0.2, -0.15) is 0 Å². The van der Waals surface area contributed by atoms with Gasteiger partial charge in [-0.05, 0) is 24.3 Å². The third-order valence-corrected chi connectivity index (χ3v) is 3.18. The van der Waals surface area contributed by atoms with E-state index < -0.39 is 11.6 Å². The normalized spacial score (nSPS) is 10.5. The fourth-order valence-corrected chi connectivity index (χ4v) is 2.14. The molecule has 0 spiro atoms. The van der Waals surface area contributed by atoms with E-state index in [0.717, 1.165) is 0 Å². The summed E-state index contributed by atoms with van der Waals surface area (Å²) in [5, 5.41) is 10.0.